The van der Waals surface area contributed by atoms with Crippen molar-refractivity contribution in [2.45, 2.75) is 0 Å². The molecular formula is C18H10BrCl2NO3. The van der Waals surface area contributed by atoms with E-state index < -0.39 is 11.9 Å². The van der Waals surface area contributed by atoms with E-state index in [1.807, 2.05) is 24.3 Å². The predicted octanol–water partition coefficient (Wildman–Crippen LogP) is 5.86. The van der Waals surface area contributed by atoms with Crippen molar-refractivity contribution in [2.75, 3.05) is 5.32 Å². The second kappa shape index (κ2) is 7.04. The molecule has 7 heteroatoms. The summed E-state index contributed by atoms with van der Waals surface area (Å²) in [5.74, 6) is -1.65. The van der Waals surface area contributed by atoms with Crippen LogP contribution >= 0.6 is 39.1 Å². The SMILES string of the molecule is O=C(Nc1cc(Cl)c(Cl)cc1C(=O)O)c1ccc2cc(Br)ccc2c1. The molecule has 4 nitrogen and oxygen atoms in total. The molecule has 25 heavy (non-hydrogen) atoms. The number of benzene rings is 3. The molecule has 0 radical (unpaired) electrons. The number of halogens is 3. The molecule has 0 aromatic heterocycles. The fourth-order valence-electron chi connectivity index (χ4n) is 2.38. The molecule has 1 amide bonds. The van der Waals surface area contributed by atoms with Gasteiger partial charge in [-0.15, -0.1) is 0 Å². The Balaban J connectivity index is 1.96. The van der Waals surface area contributed by atoms with Crippen LogP contribution in [-0.2, 0) is 0 Å². The normalized spacial score (nSPS) is 10.7. The van der Waals surface area contributed by atoms with Crippen LogP contribution in [0.3, 0.4) is 0 Å². The molecule has 0 fully saturated rings. The fraction of sp³-hybridized carbons (Fsp3) is 0. The van der Waals surface area contributed by atoms with Crippen molar-refractivity contribution in [1.82, 2.24) is 0 Å². The number of carbonyl (C=O) groups is 2. The lowest BCUT2D eigenvalue weighted by Crippen LogP contribution is -2.15. The van der Waals surface area contributed by atoms with Crippen LogP contribution in [0.4, 0.5) is 5.69 Å². The number of anilines is 1. The molecule has 0 unspecified atom stereocenters. The number of carboxylic acids is 1. The molecule has 2 N–H and O–H groups in total. The fourth-order valence-corrected chi connectivity index (χ4v) is 3.09. The van der Waals surface area contributed by atoms with E-state index >= 15 is 0 Å². The number of fused-ring (bicyclic) bond motifs is 1. The summed E-state index contributed by atoms with van der Waals surface area (Å²) in [5.41, 5.74) is 0.354. The first-order chi connectivity index (χ1) is 11.8. The molecule has 0 spiro atoms. The average Bonchev–Trinajstić information content (AvgIpc) is 2.57. The van der Waals surface area contributed by atoms with E-state index in [2.05, 4.69) is 21.2 Å². The van der Waals surface area contributed by atoms with Crippen LogP contribution in [0.2, 0.25) is 10.0 Å². The highest BCUT2D eigenvalue weighted by molar-refractivity contribution is 9.10. The van der Waals surface area contributed by atoms with Crippen LogP contribution in [-0.4, -0.2) is 17.0 Å². The number of hydrogen-bond donors (Lipinski definition) is 2. The molecule has 0 aliphatic carbocycles. The summed E-state index contributed by atoms with van der Waals surface area (Å²) in [6, 6.07) is 13.5. The van der Waals surface area contributed by atoms with E-state index in [1.54, 1.807) is 12.1 Å². The molecule has 0 saturated heterocycles. The number of nitrogens with one attached hydrogen (secondary N) is 1. The van der Waals surface area contributed by atoms with Gasteiger partial charge < -0.3 is 10.4 Å². The second-order valence-corrected chi connectivity index (χ2v) is 7.01. The topological polar surface area (TPSA) is 66.4 Å². The van der Waals surface area contributed by atoms with Crippen molar-refractivity contribution in [3.05, 3.63) is 74.2 Å². The molecule has 0 atom stereocenters. The first kappa shape index (κ1) is 17.7. The largest absolute Gasteiger partial charge is 0.478 e. The zero-order chi connectivity index (χ0) is 18.1. The third kappa shape index (κ3) is 3.79. The minimum absolute atomic E-state index is 0.0859. The van der Waals surface area contributed by atoms with Gasteiger partial charge in [0.25, 0.3) is 5.91 Å². The van der Waals surface area contributed by atoms with Gasteiger partial charge >= 0.3 is 5.97 Å². The van der Waals surface area contributed by atoms with Gasteiger partial charge in [-0.1, -0.05) is 51.3 Å². The molecule has 3 aromatic rings. The second-order valence-electron chi connectivity index (χ2n) is 5.28. The Labute approximate surface area is 161 Å². The maximum atomic E-state index is 12.5. The first-order valence-electron chi connectivity index (χ1n) is 7.08. The van der Waals surface area contributed by atoms with Gasteiger partial charge in [0.1, 0.15) is 0 Å². The maximum absolute atomic E-state index is 12.5. The highest BCUT2D eigenvalue weighted by Gasteiger charge is 2.16. The average molecular weight is 439 g/mol. The van der Waals surface area contributed by atoms with Gasteiger partial charge in [0.15, 0.2) is 0 Å². The Bertz CT molecular complexity index is 1020. The van der Waals surface area contributed by atoms with Crippen LogP contribution in [0.25, 0.3) is 10.8 Å². The lowest BCUT2D eigenvalue weighted by molar-refractivity contribution is 0.0698. The number of rotatable bonds is 3. The Morgan fingerprint density at radius 2 is 1.56 bits per heavy atom. The van der Waals surface area contributed by atoms with Crippen molar-refractivity contribution in [1.29, 1.82) is 0 Å². The third-order valence-electron chi connectivity index (χ3n) is 3.60. The molecule has 3 rings (SSSR count). The Kier molecular flexibility index (Phi) is 4.99. The lowest BCUT2D eigenvalue weighted by Gasteiger charge is -2.11. The van der Waals surface area contributed by atoms with Gasteiger partial charge in [0.05, 0.1) is 21.3 Å². The van der Waals surface area contributed by atoms with Gasteiger partial charge in [0.2, 0.25) is 0 Å². The molecule has 0 heterocycles. The van der Waals surface area contributed by atoms with Crippen molar-refractivity contribution in [3.8, 4) is 0 Å². The first-order valence-corrected chi connectivity index (χ1v) is 8.63. The Hall–Kier alpha value is -2.08. The van der Waals surface area contributed by atoms with Crippen LogP contribution in [0.5, 0.6) is 0 Å². The number of carboxylic acid groups (broad SMARTS) is 1. The molecule has 3 aromatic carbocycles. The zero-order valence-electron chi connectivity index (χ0n) is 12.5. The van der Waals surface area contributed by atoms with E-state index in [0.717, 1.165) is 15.2 Å². The summed E-state index contributed by atoms with van der Waals surface area (Å²) in [4.78, 5) is 23.9. The zero-order valence-corrected chi connectivity index (χ0v) is 15.6. The Morgan fingerprint density at radius 3 is 2.28 bits per heavy atom. The minimum Gasteiger partial charge on any atom is -0.478 e. The molecule has 0 aliphatic rings. The number of hydrogen-bond acceptors (Lipinski definition) is 2. The van der Waals surface area contributed by atoms with E-state index in [-0.39, 0.29) is 21.3 Å². The van der Waals surface area contributed by atoms with Gasteiger partial charge in [-0.25, -0.2) is 4.79 Å². The van der Waals surface area contributed by atoms with Crippen LogP contribution in [0.1, 0.15) is 20.7 Å². The monoisotopic (exact) mass is 437 g/mol. The molecule has 126 valence electrons. The van der Waals surface area contributed by atoms with Gasteiger partial charge in [0, 0.05) is 10.0 Å². The van der Waals surface area contributed by atoms with Crippen LogP contribution in [0.15, 0.2) is 53.0 Å². The van der Waals surface area contributed by atoms with Crippen molar-refractivity contribution in [3.63, 3.8) is 0 Å². The van der Waals surface area contributed by atoms with Crippen molar-refractivity contribution in [2.24, 2.45) is 0 Å². The summed E-state index contributed by atoms with van der Waals surface area (Å²) >= 11 is 15.2. The third-order valence-corrected chi connectivity index (χ3v) is 4.82. The maximum Gasteiger partial charge on any atom is 0.337 e. The summed E-state index contributed by atoms with van der Waals surface area (Å²) in [6.45, 7) is 0. The summed E-state index contributed by atoms with van der Waals surface area (Å²) in [5, 5.41) is 14.0. The number of carbonyl (C=O) groups excluding carboxylic acids is 1. The highest BCUT2D eigenvalue weighted by atomic mass is 79.9. The summed E-state index contributed by atoms with van der Waals surface area (Å²) in [6.07, 6.45) is 0. The molecular weight excluding hydrogens is 429 g/mol. The number of aromatic carboxylic acids is 1. The lowest BCUT2D eigenvalue weighted by atomic mass is 10.1. The van der Waals surface area contributed by atoms with E-state index in [1.165, 1.54) is 12.1 Å². The Morgan fingerprint density at radius 1 is 0.920 bits per heavy atom. The van der Waals surface area contributed by atoms with Gasteiger partial charge in [-0.3, -0.25) is 4.79 Å². The van der Waals surface area contributed by atoms with E-state index in [0.29, 0.717) is 5.56 Å². The van der Waals surface area contributed by atoms with Gasteiger partial charge in [-0.05, 0) is 47.2 Å². The molecule has 0 bridgehead atoms. The van der Waals surface area contributed by atoms with Crippen molar-refractivity contribution >= 4 is 67.5 Å². The molecule has 0 aliphatic heterocycles. The smallest absolute Gasteiger partial charge is 0.337 e. The van der Waals surface area contributed by atoms with Crippen LogP contribution in [0, 0.1) is 0 Å². The highest BCUT2D eigenvalue weighted by Crippen LogP contribution is 2.30. The van der Waals surface area contributed by atoms with E-state index in [9.17, 15) is 14.7 Å². The van der Waals surface area contributed by atoms with Gasteiger partial charge in [-0.2, -0.15) is 0 Å². The minimum atomic E-state index is -1.21. The predicted molar refractivity (Wildman–Crippen MR) is 103 cm³/mol. The van der Waals surface area contributed by atoms with Crippen molar-refractivity contribution < 1.29 is 14.7 Å². The molecule has 0 saturated carbocycles. The van der Waals surface area contributed by atoms with Crippen LogP contribution < -0.4 is 5.32 Å². The number of amides is 1. The quantitative estimate of drug-likeness (QED) is 0.538. The summed E-state index contributed by atoms with van der Waals surface area (Å²) in [7, 11) is 0. The van der Waals surface area contributed by atoms with E-state index in [4.69, 9.17) is 23.2 Å². The summed E-state index contributed by atoms with van der Waals surface area (Å²) < 4.78 is 0.944. The standard InChI is InChI=1S/C18H10BrCl2NO3/c19-12-4-3-9-5-11(2-1-10(9)6-12)17(23)22-16-8-15(21)14(20)7-13(16)18(24)25/h1-8H,(H,22,23)(H,24,25).